The fraction of sp³-hybridized carbons (Fsp3) is 0.450. The van der Waals surface area contributed by atoms with Crippen LogP contribution < -0.4 is 5.32 Å². The molecule has 1 atom stereocenters. The normalized spacial score (nSPS) is 12.4. The third-order valence-electron chi connectivity index (χ3n) is 5.16. The van der Waals surface area contributed by atoms with E-state index in [1.807, 2.05) is 28.8 Å². The fourth-order valence-electron chi connectivity index (χ4n) is 3.32. The fourth-order valence-corrected chi connectivity index (χ4v) is 3.32. The van der Waals surface area contributed by atoms with Gasteiger partial charge in [0, 0.05) is 13.1 Å². The summed E-state index contributed by atoms with van der Waals surface area (Å²) < 4.78 is 3.43. The number of imidazole rings is 1. The predicted octanol–water partition coefficient (Wildman–Crippen LogP) is 2.76. The van der Waals surface area contributed by atoms with Crippen molar-refractivity contribution >= 4 is 28.6 Å². The zero-order chi connectivity index (χ0) is 21.7. The molecule has 2 heterocycles. The average molecular weight is 413 g/mol. The van der Waals surface area contributed by atoms with E-state index in [2.05, 4.69) is 34.1 Å². The number of aromatic nitrogens is 4. The van der Waals surface area contributed by atoms with E-state index in [0.717, 1.165) is 30.7 Å². The first kappa shape index (κ1) is 21.4. The van der Waals surface area contributed by atoms with Gasteiger partial charge < -0.3 is 9.47 Å². The van der Waals surface area contributed by atoms with Gasteiger partial charge in [-0.05, 0) is 25.2 Å². The van der Waals surface area contributed by atoms with E-state index in [9.17, 15) is 14.9 Å². The van der Waals surface area contributed by atoms with Gasteiger partial charge in [-0.3, -0.25) is 24.9 Å². The van der Waals surface area contributed by atoms with Gasteiger partial charge in [0.2, 0.25) is 11.9 Å². The molecule has 1 N–H and O–H groups in total. The lowest BCUT2D eigenvalue weighted by molar-refractivity contribution is -0.385. The summed E-state index contributed by atoms with van der Waals surface area (Å²) in [6.07, 6.45) is 2.50. The second-order valence-electron chi connectivity index (χ2n) is 7.17. The van der Waals surface area contributed by atoms with E-state index in [0.29, 0.717) is 12.5 Å². The van der Waals surface area contributed by atoms with Crippen LogP contribution in [-0.4, -0.2) is 54.7 Å². The minimum absolute atomic E-state index is 0.0965. The zero-order valence-electron chi connectivity index (χ0n) is 17.5. The van der Waals surface area contributed by atoms with E-state index in [1.165, 1.54) is 17.1 Å². The maximum absolute atomic E-state index is 12.8. The monoisotopic (exact) mass is 413 g/mol. The molecule has 10 heteroatoms. The van der Waals surface area contributed by atoms with Gasteiger partial charge >= 0.3 is 5.69 Å². The van der Waals surface area contributed by atoms with Gasteiger partial charge in [-0.2, -0.15) is 5.10 Å². The van der Waals surface area contributed by atoms with E-state index in [-0.39, 0.29) is 18.1 Å². The van der Waals surface area contributed by atoms with Gasteiger partial charge in [-0.1, -0.05) is 32.9 Å². The van der Waals surface area contributed by atoms with Gasteiger partial charge in [0.1, 0.15) is 12.4 Å². The molecule has 3 aromatic rings. The number of fused-ring (bicyclic) bond motifs is 1. The van der Waals surface area contributed by atoms with E-state index in [4.69, 9.17) is 0 Å². The SMILES string of the molecule is CCN(CC)CCn1c(NC(=O)C(C)Cn2cc([N+](=O)[O-])cn2)nc2ccccc21. The lowest BCUT2D eigenvalue weighted by atomic mass is 10.1. The van der Waals surface area contributed by atoms with Crippen LogP contribution in [0.15, 0.2) is 36.7 Å². The minimum atomic E-state index is -0.507. The lowest BCUT2D eigenvalue weighted by Gasteiger charge is -2.19. The number of nitrogens with zero attached hydrogens (tertiary/aromatic N) is 6. The van der Waals surface area contributed by atoms with Crippen molar-refractivity contribution < 1.29 is 9.72 Å². The van der Waals surface area contributed by atoms with E-state index in [1.54, 1.807) is 6.92 Å². The van der Waals surface area contributed by atoms with Gasteiger partial charge in [-0.25, -0.2) is 4.98 Å². The van der Waals surface area contributed by atoms with Crippen molar-refractivity contribution in [2.75, 3.05) is 25.0 Å². The number of carbonyl (C=O) groups is 1. The Morgan fingerprint density at radius 2 is 2.03 bits per heavy atom. The van der Waals surface area contributed by atoms with Crippen LogP contribution in [0, 0.1) is 16.0 Å². The Kier molecular flexibility index (Phi) is 6.78. The zero-order valence-corrected chi connectivity index (χ0v) is 17.5. The summed E-state index contributed by atoms with van der Waals surface area (Å²) in [4.78, 5) is 30.0. The highest BCUT2D eigenvalue weighted by atomic mass is 16.6. The Labute approximate surface area is 174 Å². The van der Waals surface area contributed by atoms with Gasteiger partial charge in [0.25, 0.3) is 0 Å². The number of hydrogen-bond acceptors (Lipinski definition) is 6. The summed E-state index contributed by atoms with van der Waals surface area (Å²) >= 11 is 0. The average Bonchev–Trinajstić information content (AvgIpc) is 3.33. The molecular weight excluding hydrogens is 386 g/mol. The Morgan fingerprint density at radius 1 is 1.30 bits per heavy atom. The Balaban J connectivity index is 1.75. The molecule has 0 aliphatic carbocycles. The van der Waals surface area contributed by atoms with Crippen molar-refractivity contribution in [3.05, 3.63) is 46.8 Å². The number of nitro groups is 1. The summed E-state index contributed by atoms with van der Waals surface area (Å²) in [6.45, 7) is 9.71. The molecule has 3 rings (SSSR count). The topological polar surface area (TPSA) is 111 Å². The van der Waals surface area contributed by atoms with Gasteiger partial charge in [-0.15, -0.1) is 0 Å². The molecule has 2 aromatic heterocycles. The Hall–Kier alpha value is -3.27. The first-order valence-corrected chi connectivity index (χ1v) is 10.1. The van der Waals surface area contributed by atoms with Crippen LogP contribution in [0.4, 0.5) is 11.6 Å². The number of carbonyl (C=O) groups excluding carboxylic acids is 1. The van der Waals surface area contributed by atoms with Crippen LogP contribution in [0.25, 0.3) is 11.0 Å². The summed E-state index contributed by atoms with van der Waals surface area (Å²) in [6, 6.07) is 7.79. The molecule has 30 heavy (non-hydrogen) atoms. The van der Waals surface area contributed by atoms with Gasteiger partial charge in [0.15, 0.2) is 0 Å². The molecule has 0 radical (unpaired) electrons. The molecule has 0 saturated heterocycles. The van der Waals surface area contributed by atoms with Crippen molar-refractivity contribution in [1.29, 1.82) is 0 Å². The summed E-state index contributed by atoms with van der Waals surface area (Å²) in [5, 5.41) is 17.7. The van der Waals surface area contributed by atoms with Gasteiger partial charge in [0.05, 0.1) is 28.4 Å². The van der Waals surface area contributed by atoms with Crippen molar-refractivity contribution in [1.82, 2.24) is 24.2 Å². The second kappa shape index (κ2) is 9.49. The molecule has 0 spiro atoms. The maximum Gasteiger partial charge on any atom is 0.306 e. The van der Waals surface area contributed by atoms with Crippen LogP contribution in [0.2, 0.25) is 0 Å². The van der Waals surface area contributed by atoms with Crippen molar-refractivity contribution in [2.45, 2.75) is 33.9 Å². The number of anilines is 1. The summed E-state index contributed by atoms with van der Waals surface area (Å²) in [5.41, 5.74) is 1.69. The largest absolute Gasteiger partial charge is 0.309 e. The van der Waals surface area contributed by atoms with Crippen molar-refractivity contribution in [2.24, 2.45) is 5.92 Å². The standard InChI is InChI=1S/C20H27N7O3/c1-4-24(5-2)10-11-26-18-9-7-6-8-17(18)22-20(26)23-19(28)15(3)13-25-14-16(12-21-25)27(29)30/h6-9,12,14-15H,4-5,10-11,13H2,1-3H3,(H,22,23,28). The number of hydrogen-bond donors (Lipinski definition) is 1. The quantitative estimate of drug-likeness (QED) is 0.404. The number of benzene rings is 1. The highest BCUT2D eigenvalue weighted by Crippen LogP contribution is 2.20. The number of para-hydroxylation sites is 2. The van der Waals surface area contributed by atoms with Crippen molar-refractivity contribution in [3.8, 4) is 0 Å². The number of likely N-dealkylation sites (N-methyl/N-ethyl adjacent to an activating group) is 1. The summed E-state index contributed by atoms with van der Waals surface area (Å²) in [7, 11) is 0. The second-order valence-corrected chi connectivity index (χ2v) is 7.17. The van der Waals surface area contributed by atoms with Crippen LogP contribution in [-0.2, 0) is 17.9 Å². The maximum atomic E-state index is 12.8. The Bertz CT molecular complexity index is 1020. The first-order chi connectivity index (χ1) is 14.4. The molecule has 10 nitrogen and oxygen atoms in total. The Morgan fingerprint density at radius 3 is 2.70 bits per heavy atom. The van der Waals surface area contributed by atoms with Crippen LogP contribution in [0.5, 0.6) is 0 Å². The number of amides is 1. The molecule has 1 unspecified atom stereocenters. The molecule has 1 aromatic carbocycles. The van der Waals surface area contributed by atoms with Crippen LogP contribution in [0.3, 0.4) is 0 Å². The first-order valence-electron chi connectivity index (χ1n) is 10.1. The highest BCUT2D eigenvalue weighted by Gasteiger charge is 2.20. The molecule has 0 saturated carbocycles. The molecule has 1 amide bonds. The number of rotatable bonds is 10. The smallest absolute Gasteiger partial charge is 0.306 e. The molecule has 0 aliphatic rings. The van der Waals surface area contributed by atoms with Crippen LogP contribution in [0.1, 0.15) is 20.8 Å². The third kappa shape index (κ3) is 4.82. The molecular formula is C20H27N7O3. The molecule has 0 fully saturated rings. The molecule has 0 bridgehead atoms. The van der Waals surface area contributed by atoms with Crippen molar-refractivity contribution in [3.63, 3.8) is 0 Å². The highest BCUT2D eigenvalue weighted by molar-refractivity contribution is 5.92. The molecule has 0 aliphatic heterocycles. The predicted molar refractivity (Wildman–Crippen MR) is 114 cm³/mol. The van der Waals surface area contributed by atoms with Crippen LogP contribution >= 0.6 is 0 Å². The number of nitrogens with one attached hydrogen (secondary N) is 1. The summed E-state index contributed by atoms with van der Waals surface area (Å²) in [5.74, 6) is -0.153. The minimum Gasteiger partial charge on any atom is -0.309 e. The third-order valence-corrected chi connectivity index (χ3v) is 5.16. The lowest BCUT2D eigenvalue weighted by Crippen LogP contribution is -2.29. The van der Waals surface area contributed by atoms with E-state index >= 15 is 0 Å². The molecule has 160 valence electrons. The van der Waals surface area contributed by atoms with E-state index < -0.39 is 10.8 Å².